The van der Waals surface area contributed by atoms with Crippen molar-refractivity contribution in [1.82, 2.24) is 10.6 Å². The Morgan fingerprint density at radius 2 is 2.31 bits per heavy atom. The number of alkyl carbamates (subject to hydrolysis) is 1. The van der Waals surface area contributed by atoms with Crippen LogP contribution in [0.15, 0.2) is 12.7 Å². The number of carbonyl (C=O) groups excluding carboxylic acids is 1. The number of ether oxygens (including phenoxy) is 1. The topological polar surface area (TPSA) is 50.4 Å². The van der Waals surface area contributed by atoms with Crippen molar-refractivity contribution in [2.24, 2.45) is 0 Å². The summed E-state index contributed by atoms with van der Waals surface area (Å²) < 4.78 is 5.16. The van der Waals surface area contributed by atoms with Crippen LogP contribution in [0.5, 0.6) is 0 Å². The second kappa shape index (κ2) is 5.59. The molecule has 0 aliphatic carbocycles. The zero-order valence-corrected chi connectivity index (χ0v) is 7.71. The lowest BCUT2D eigenvalue weighted by molar-refractivity contribution is 0.0802. The summed E-state index contributed by atoms with van der Waals surface area (Å²) in [6.07, 6.45) is 3.17. The highest BCUT2D eigenvalue weighted by atomic mass is 16.6. The van der Waals surface area contributed by atoms with E-state index in [0.29, 0.717) is 6.54 Å². The summed E-state index contributed by atoms with van der Waals surface area (Å²) in [7, 11) is 0. The fraction of sp³-hybridized carbons (Fsp3) is 0.667. The number of nitrogens with one attached hydrogen (secondary N) is 2. The van der Waals surface area contributed by atoms with Gasteiger partial charge >= 0.3 is 6.09 Å². The van der Waals surface area contributed by atoms with Gasteiger partial charge in [0.2, 0.25) is 0 Å². The molecule has 1 saturated heterocycles. The van der Waals surface area contributed by atoms with Crippen LogP contribution in [0.1, 0.15) is 12.8 Å². The first-order valence-corrected chi connectivity index (χ1v) is 4.59. The van der Waals surface area contributed by atoms with Crippen LogP contribution < -0.4 is 10.6 Å². The van der Waals surface area contributed by atoms with Crippen molar-refractivity contribution in [2.45, 2.75) is 18.9 Å². The first kappa shape index (κ1) is 10.1. The zero-order valence-electron chi connectivity index (χ0n) is 7.71. The average molecular weight is 184 g/mol. The third kappa shape index (κ3) is 3.94. The molecule has 4 nitrogen and oxygen atoms in total. The van der Waals surface area contributed by atoms with E-state index in [1.807, 2.05) is 0 Å². The van der Waals surface area contributed by atoms with Gasteiger partial charge in [-0.05, 0) is 25.9 Å². The number of hydrogen-bond acceptors (Lipinski definition) is 3. The van der Waals surface area contributed by atoms with Gasteiger partial charge in [0.25, 0.3) is 0 Å². The summed E-state index contributed by atoms with van der Waals surface area (Å²) in [5, 5.41) is 5.78. The normalized spacial score (nSPS) is 17.8. The fourth-order valence-corrected chi connectivity index (χ4v) is 1.26. The quantitative estimate of drug-likeness (QED) is 0.633. The number of hydrogen-bond donors (Lipinski definition) is 2. The molecule has 4 heteroatoms. The van der Waals surface area contributed by atoms with Gasteiger partial charge in [0, 0.05) is 6.54 Å². The van der Waals surface area contributed by atoms with Crippen LogP contribution in [0.2, 0.25) is 0 Å². The van der Waals surface area contributed by atoms with Crippen molar-refractivity contribution in [3.8, 4) is 0 Å². The molecule has 1 aliphatic heterocycles. The summed E-state index contributed by atoms with van der Waals surface area (Å²) >= 11 is 0. The molecule has 74 valence electrons. The zero-order chi connectivity index (χ0) is 9.52. The van der Waals surface area contributed by atoms with Crippen LogP contribution in [-0.4, -0.2) is 31.8 Å². The van der Waals surface area contributed by atoms with Gasteiger partial charge in [-0.15, -0.1) is 6.58 Å². The highest BCUT2D eigenvalue weighted by Gasteiger charge is 2.16. The van der Waals surface area contributed by atoms with Crippen LogP contribution in [-0.2, 0) is 4.74 Å². The lowest BCUT2D eigenvalue weighted by Gasteiger charge is -2.22. The van der Waals surface area contributed by atoms with Gasteiger partial charge in [-0.2, -0.15) is 0 Å². The van der Waals surface area contributed by atoms with Crippen LogP contribution in [0.4, 0.5) is 4.79 Å². The standard InChI is InChI=1S/C9H16N2O2/c1-2-5-11-9(12)13-8-3-6-10-7-4-8/h2,8,10H,1,3-7H2,(H,11,12). The minimum atomic E-state index is -0.341. The molecule has 0 spiro atoms. The van der Waals surface area contributed by atoms with Gasteiger partial charge in [-0.1, -0.05) is 6.08 Å². The van der Waals surface area contributed by atoms with Crippen LogP contribution in [0.25, 0.3) is 0 Å². The smallest absolute Gasteiger partial charge is 0.407 e. The Hall–Kier alpha value is -1.03. The van der Waals surface area contributed by atoms with Crippen molar-refractivity contribution in [3.05, 3.63) is 12.7 Å². The molecule has 0 saturated carbocycles. The number of rotatable bonds is 3. The van der Waals surface area contributed by atoms with E-state index < -0.39 is 0 Å². The third-order valence-corrected chi connectivity index (χ3v) is 1.95. The molecule has 1 fully saturated rings. The molecule has 0 radical (unpaired) electrons. The molecule has 1 rings (SSSR count). The summed E-state index contributed by atoms with van der Waals surface area (Å²) in [6, 6.07) is 0. The van der Waals surface area contributed by atoms with Crippen molar-refractivity contribution in [2.75, 3.05) is 19.6 Å². The van der Waals surface area contributed by atoms with E-state index in [4.69, 9.17) is 4.74 Å². The highest BCUT2D eigenvalue weighted by molar-refractivity contribution is 5.67. The average Bonchev–Trinajstić information content (AvgIpc) is 2.16. The minimum absolute atomic E-state index is 0.0751. The maximum Gasteiger partial charge on any atom is 0.407 e. The summed E-state index contributed by atoms with van der Waals surface area (Å²) in [6.45, 7) is 5.82. The van der Waals surface area contributed by atoms with Crippen LogP contribution in [0.3, 0.4) is 0 Å². The van der Waals surface area contributed by atoms with E-state index in [1.165, 1.54) is 0 Å². The van der Waals surface area contributed by atoms with E-state index in [1.54, 1.807) is 6.08 Å². The van der Waals surface area contributed by atoms with E-state index in [9.17, 15) is 4.79 Å². The largest absolute Gasteiger partial charge is 0.446 e. The Bertz CT molecular complexity index is 176. The van der Waals surface area contributed by atoms with Gasteiger partial charge in [-0.25, -0.2) is 4.79 Å². The first-order chi connectivity index (χ1) is 6.33. The molecule has 0 unspecified atom stereocenters. The second-order valence-corrected chi connectivity index (χ2v) is 3.02. The number of piperidine rings is 1. The SMILES string of the molecule is C=CCNC(=O)OC1CCNCC1. The molecule has 1 heterocycles. The van der Waals surface area contributed by atoms with Gasteiger partial charge in [-0.3, -0.25) is 0 Å². The Morgan fingerprint density at radius 1 is 1.62 bits per heavy atom. The number of carbonyl (C=O) groups is 1. The van der Waals surface area contributed by atoms with E-state index >= 15 is 0 Å². The Morgan fingerprint density at radius 3 is 2.92 bits per heavy atom. The molecular formula is C9H16N2O2. The summed E-state index contributed by atoms with van der Waals surface area (Å²) in [5.74, 6) is 0. The lowest BCUT2D eigenvalue weighted by Crippen LogP contribution is -2.36. The highest BCUT2D eigenvalue weighted by Crippen LogP contribution is 2.06. The summed E-state index contributed by atoms with van der Waals surface area (Å²) in [4.78, 5) is 11.1. The van der Waals surface area contributed by atoms with Crippen LogP contribution in [0, 0.1) is 0 Å². The van der Waals surface area contributed by atoms with Gasteiger partial charge in [0.05, 0.1) is 0 Å². The monoisotopic (exact) mass is 184 g/mol. The Labute approximate surface area is 78.3 Å². The second-order valence-electron chi connectivity index (χ2n) is 3.02. The fourth-order valence-electron chi connectivity index (χ4n) is 1.26. The Kier molecular flexibility index (Phi) is 4.32. The Balaban J connectivity index is 2.14. The maximum atomic E-state index is 11.1. The van der Waals surface area contributed by atoms with E-state index in [2.05, 4.69) is 17.2 Å². The minimum Gasteiger partial charge on any atom is -0.446 e. The van der Waals surface area contributed by atoms with Crippen molar-refractivity contribution >= 4 is 6.09 Å². The molecule has 0 aromatic carbocycles. The molecule has 0 bridgehead atoms. The van der Waals surface area contributed by atoms with Crippen molar-refractivity contribution < 1.29 is 9.53 Å². The predicted octanol–water partition coefficient (Wildman–Crippen LogP) is 0.651. The van der Waals surface area contributed by atoms with E-state index in [-0.39, 0.29) is 12.2 Å². The predicted molar refractivity (Wildman–Crippen MR) is 50.6 cm³/mol. The van der Waals surface area contributed by atoms with Gasteiger partial charge in [0.15, 0.2) is 0 Å². The molecule has 0 aromatic rings. The molecule has 2 N–H and O–H groups in total. The maximum absolute atomic E-state index is 11.1. The molecule has 0 atom stereocenters. The van der Waals surface area contributed by atoms with E-state index in [0.717, 1.165) is 25.9 Å². The molecule has 13 heavy (non-hydrogen) atoms. The lowest BCUT2D eigenvalue weighted by atomic mass is 10.1. The van der Waals surface area contributed by atoms with Crippen molar-refractivity contribution in [3.63, 3.8) is 0 Å². The van der Waals surface area contributed by atoms with Crippen LogP contribution >= 0.6 is 0 Å². The molecule has 0 aromatic heterocycles. The van der Waals surface area contributed by atoms with Gasteiger partial charge < -0.3 is 15.4 Å². The third-order valence-electron chi connectivity index (χ3n) is 1.95. The first-order valence-electron chi connectivity index (χ1n) is 4.59. The molecule has 1 amide bonds. The molecular weight excluding hydrogens is 168 g/mol. The number of amides is 1. The summed E-state index contributed by atoms with van der Waals surface area (Å²) in [5.41, 5.74) is 0. The van der Waals surface area contributed by atoms with Crippen molar-refractivity contribution in [1.29, 1.82) is 0 Å². The molecule has 1 aliphatic rings. The van der Waals surface area contributed by atoms with Gasteiger partial charge in [0.1, 0.15) is 6.10 Å².